The first-order valence-electron chi connectivity index (χ1n) is 11.1. The molecule has 30 heavy (non-hydrogen) atoms. The number of likely N-dealkylation sites (N-methyl/N-ethyl adjacent to an activating group) is 1. The molecule has 166 valence electrons. The van der Waals surface area contributed by atoms with Crippen molar-refractivity contribution in [3.8, 4) is 0 Å². The van der Waals surface area contributed by atoms with Crippen LogP contribution in [-0.4, -0.2) is 49.3 Å². The van der Waals surface area contributed by atoms with Crippen molar-refractivity contribution in [2.45, 2.75) is 66.6 Å². The molecule has 0 bridgehead atoms. The molecule has 3 rings (SSSR count). The number of hydrogen-bond acceptors (Lipinski definition) is 4. The molecule has 0 saturated carbocycles. The van der Waals surface area contributed by atoms with Crippen LogP contribution in [-0.2, 0) is 14.3 Å². The van der Waals surface area contributed by atoms with Crippen molar-refractivity contribution >= 4 is 12.0 Å². The monoisotopic (exact) mass is 416 g/mol. The molecule has 0 fully saturated rings. The summed E-state index contributed by atoms with van der Waals surface area (Å²) in [6.45, 7) is 13.6. The van der Waals surface area contributed by atoms with Crippen LogP contribution in [0.25, 0.3) is 0 Å². The van der Waals surface area contributed by atoms with Gasteiger partial charge in [-0.2, -0.15) is 0 Å². The molecule has 0 spiro atoms. The molecule has 1 N–H and O–H groups in total. The fraction of sp³-hybridized carbons (Fsp3) is 0.667. The second-order valence-electron chi connectivity index (χ2n) is 9.49. The highest BCUT2D eigenvalue weighted by molar-refractivity contribution is 6.00. The minimum Gasteiger partial charge on any atom is -0.443 e. The SMILES string of the molecule is CCCNC(=O)O[C@H]1[C@H](OCC(C)C)C=C2C=C3C(=C(C)C(=O)N3C)C[C@]2(C)[C@H]1C. The predicted molar refractivity (Wildman–Crippen MR) is 117 cm³/mol. The zero-order chi connectivity index (χ0) is 22.2. The Balaban J connectivity index is 1.98. The summed E-state index contributed by atoms with van der Waals surface area (Å²) in [6.07, 6.45) is 4.74. The maximum Gasteiger partial charge on any atom is 0.407 e. The number of hydrogen-bond donors (Lipinski definition) is 1. The van der Waals surface area contributed by atoms with E-state index in [9.17, 15) is 9.59 Å². The summed E-state index contributed by atoms with van der Waals surface area (Å²) in [6, 6.07) is 0. The number of alkyl carbamates (subject to hydrolysis) is 1. The third-order valence-corrected chi connectivity index (χ3v) is 6.79. The molecule has 2 amide bonds. The minimum absolute atomic E-state index is 0.0288. The summed E-state index contributed by atoms with van der Waals surface area (Å²) in [5.74, 6) is 0.467. The van der Waals surface area contributed by atoms with E-state index in [-0.39, 0.29) is 29.4 Å². The summed E-state index contributed by atoms with van der Waals surface area (Å²) in [5, 5.41) is 2.82. The van der Waals surface area contributed by atoms with Crippen molar-refractivity contribution in [3.05, 3.63) is 34.6 Å². The van der Waals surface area contributed by atoms with Crippen LogP contribution in [0.4, 0.5) is 4.79 Å². The molecule has 6 heteroatoms. The van der Waals surface area contributed by atoms with E-state index < -0.39 is 6.09 Å². The first-order valence-corrected chi connectivity index (χ1v) is 11.1. The lowest BCUT2D eigenvalue weighted by atomic mass is 9.59. The van der Waals surface area contributed by atoms with Crippen molar-refractivity contribution in [3.63, 3.8) is 0 Å². The Kier molecular flexibility index (Phi) is 6.46. The standard InChI is InChI=1S/C24H36N2O4/c1-8-9-25-23(28)30-21-16(5)24(6)12-18-15(4)22(27)26(7)19(18)10-17(24)11-20(21)29-13-14(2)3/h10-11,14,16,20-21H,8-9,12-13H2,1-7H3,(H,25,28)/t16-,20+,21+,24+/m0/s1. The molecule has 2 aliphatic carbocycles. The van der Waals surface area contributed by atoms with E-state index in [0.29, 0.717) is 19.1 Å². The highest BCUT2D eigenvalue weighted by atomic mass is 16.6. The number of amides is 2. The fourth-order valence-corrected chi connectivity index (χ4v) is 4.66. The number of allylic oxidation sites excluding steroid dienone is 3. The van der Waals surface area contributed by atoms with Gasteiger partial charge >= 0.3 is 6.09 Å². The molecule has 1 heterocycles. The van der Waals surface area contributed by atoms with E-state index in [0.717, 1.165) is 35.3 Å². The fourth-order valence-electron chi connectivity index (χ4n) is 4.66. The number of fused-ring (bicyclic) bond motifs is 2. The number of nitrogens with one attached hydrogen (secondary N) is 1. The van der Waals surface area contributed by atoms with E-state index >= 15 is 0 Å². The number of carbonyl (C=O) groups excluding carboxylic acids is 2. The Labute approximate surface area is 180 Å². The van der Waals surface area contributed by atoms with E-state index in [2.05, 4.69) is 45.2 Å². The van der Waals surface area contributed by atoms with Crippen LogP contribution in [0, 0.1) is 17.3 Å². The molecule has 3 aliphatic rings. The van der Waals surface area contributed by atoms with Crippen LogP contribution in [0.3, 0.4) is 0 Å². The molecule has 1 aliphatic heterocycles. The smallest absolute Gasteiger partial charge is 0.407 e. The van der Waals surface area contributed by atoms with Crippen LogP contribution in [0.2, 0.25) is 0 Å². The van der Waals surface area contributed by atoms with Gasteiger partial charge < -0.3 is 19.7 Å². The molecule has 0 unspecified atom stereocenters. The number of rotatable bonds is 6. The van der Waals surface area contributed by atoms with Crippen molar-refractivity contribution < 1.29 is 19.1 Å². The zero-order valence-corrected chi connectivity index (χ0v) is 19.4. The minimum atomic E-state index is -0.398. The van der Waals surface area contributed by atoms with Crippen molar-refractivity contribution in [1.82, 2.24) is 10.2 Å². The van der Waals surface area contributed by atoms with Gasteiger partial charge in [0.25, 0.3) is 5.91 Å². The van der Waals surface area contributed by atoms with Crippen LogP contribution < -0.4 is 5.32 Å². The van der Waals surface area contributed by atoms with E-state index in [1.54, 1.807) is 4.90 Å². The number of nitrogens with zero attached hydrogens (tertiary/aromatic N) is 1. The molecule has 0 saturated heterocycles. The second kappa shape index (κ2) is 8.58. The highest BCUT2D eigenvalue weighted by Crippen LogP contribution is 2.54. The molecule has 4 atom stereocenters. The average molecular weight is 417 g/mol. The average Bonchev–Trinajstić information content (AvgIpc) is 2.90. The Bertz CT molecular complexity index is 810. The van der Waals surface area contributed by atoms with E-state index in [1.807, 2.05) is 20.9 Å². The molecular formula is C24H36N2O4. The van der Waals surface area contributed by atoms with Gasteiger partial charge in [-0.25, -0.2) is 4.79 Å². The van der Waals surface area contributed by atoms with Gasteiger partial charge in [0, 0.05) is 42.8 Å². The first-order chi connectivity index (χ1) is 14.1. The van der Waals surface area contributed by atoms with E-state index in [1.165, 1.54) is 0 Å². The van der Waals surface area contributed by atoms with Gasteiger partial charge in [-0.05, 0) is 49.0 Å². The molecule has 0 aromatic rings. The van der Waals surface area contributed by atoms with Crippen LogP contribution >= 0.6 is 0 Å². The van der Waals surface area contributed by atoms with Gasteiger partial charge in [0.05, 0.1) is 0 Å². The first kappa shape index (κ1) is 22.6. The predicted octanol–water partition coefficient (Wildman–Crippen LogP) is 4.19. The molecule has 0 aromatic carbocycles. The Morgan fingerprint density at radius 1 is 1.40 bits per heavy atom. The number of ether oxygens (including phenoxy) is 2. The zero-order valence-electron chi connectivity index (χ0n) is 19.4. The van der Waals surface area contributed by atoms with Gasteiger partial charge in [0.2, 0.25) is 0 Å². The Morgan fingerprint density at radius 3 is 2.73 bits per heavy atom. The lowest BCUT2D eigenvalue weighted by Crippen LogP contribution is -2.51. The summed E-state index contributed by atoms with van der Waals surface area (Å²) >= 11 is 0. The number of carbonyl (C=O) groups is 2. The van der Waals surface area contributed by atoms with Gasteiger partial charge in [-0.3, -0.25) is 4.79 Å². The lowest BCUT2D eigenvalue weighted by molar-refractivity contribution is -0.123. The maximum absolute atomic E-state index is 12.5. The largest absolute Gasteiger partial charge is 0.443 e. The normalized spacial score (nSPS) is 30.7. The summed E-state index contributed by atoms with van der Waals surface area (Å²) in [7, 11) is 1.83. The quantitative estimate of drug-likeness (QED) is 0.705. The molecule has 0 radical (unpaired) electrons. The van der Waals surface area contributed by atoms with Crippen LogP contribution in [0.15, 0.2) is 34.6 Å². The lowest BCUT2D eigenvalue weighted by Gasteiger charge is -2.49. The third kappa shape index (κ3) is 3.94. The third-order valence-electron chi connectivity index (χ3n) is 6.79. The van der Waals surface area contributed by atoms with Crippen molar-refractivity contribution in [1.29, 1.82) is 0 Å². The van der Waals surface area contributed by atoms with Crippen molar-refractivity contribution in [2.75, 3.05) is 20.2 Å². The Morgan fingerprint density at radius 2 is 2.10 bits per heavy atom. The molecular weight excluding hydrogens is 380 g/mol. The van der Waals surface area contributed by atoms with Crippen molar-refractivity contribution in [2.24, 2.45) is 17.3 Å². The summed E-state index contributed by atoms with van der Waals surface area (Å²) < 4.78 is 12.1. The van der Waals surface area contributed by atoms with Gasteiger partial charge in [-0.15, -0.1) is 0 Å². The highest BCUT2D eigenvalue weighted by Gasteiger charge is 2.51. The summed E-state index contributed by atoms with van der Waals surface area (Å²) in [5.41, 5.74) is 3.82. The van der Waals surface area contributed by atoms with E-state index in [4.69, 9.17) is 9.47 Å². The van der Waals surface area contributed by atoms with Gasteiger partial charge in [-0.1, -0.05) is 34.6 Å². The van der Waals surface area contributed by atoms with Crippen LogP contribution in [0.1, 0.15) is 54.4 Å². The Hall–Kier alpha value is -2.08. The van der Waals surface area contributed by atoms with Gasteiger partial charge in [0.1, 0.15) is 12.2 Å². The molecule has 6 nitrogen and oxygen atoms in total. The van der Waals surface area contributed by atoms with Gasteiger partial charge in [0.15, 0.2) is 0 Å². The maximum atomic E-state index is 12.5. The summed E-state index contributed by atoms with van der Waals surface area (Å²) in [4.78, 5) is 26.7. The molecule has 0 aromatic heterocycles. The second-order valence-corrected chi connectivity index (χ2v) is 9.49. The van der Waals surface area contributed by atoms with Crippen LogP contribution in [0.5, 0.6) is 0 Å². The topological polar surface area (TPSA) is 67.9 Å².